The predicted molar refractivity (Wildman–Crippen MR) is 71.2 cm³/mol. The van der Waals surface area contributed by atoms with E-state index in [9.17, 15) is 4.79 Å². The molecule has 0 N–H and O–H groups in total. The van der Waals surface area contributed by atoms with Gasteiger partial charge in [-0.3, -0.25) is 4.68 Å². The standard InChI is InChI=1S/C11H10ClN3OS/c1-3-14-10(16)15(11(17)13(14)2)9-6-4-8(12)5-7-9/h3-7H,1H2,2H3. The molecule has 0 bridgehead atoms. The van der Waals surface area contributed by atoms with Crippen LogP contribution < -0.4 is 5.69 Å². The summed E-state index contributed by atoms with van der Waals surface area (Å²) in [5.41, 5.74) is 0.426. The normalized spacial score (nSPS) is 10.5. The number of hydrogen-bond acceptors (Lipinski definition) is 2. The SMILES string of the molecule is C=Cn1c(=O)n(-c2ccc(Cl)cc2)c(=S)n1C. The Morgan fingerprint density at radius 3 is 2.41 bits per heavy atom. The van der Waals surface area contributed by atoms with Gasteiger partial charge < -0.3 is 0 Å². The minimum Gasteiger partial charge on any atom is -0.255 e. The lowest BCUT2D eigenvalue weighted by Gasteiger charge is -1.99. The van der Waals surface area contributed by atoms with E-state index < -0.39 is 0 Å². The Labute approximate surface area is 108 Å². The van der Waals surface area contributed by atoms with Gasteiger partial charge in [-0.25, -0.2) is 14.0 Å². The molecular formula is C11H10ClN3OS. The van der Waals surface area contributed by atoms with Crippen molar-refractivity contribution in [2.24, 2.45) is 7.05 Å². The maximum absolute atomic E-state index is 12.1. The molecule has 0 aliphatic heterocycles. The average Bonchev–Trinajstić information content (AvgIpc) is 2.52. The van der Waals surface area contributed by atoms with Gasteiger partial charge in [0.1, 0.15) is 0 Å². The molecule has 0 atom stereocenters. The highest BCUT2D eigenvalue weighted by atomic mass is 35.5. The van der Waals surface area contributed by atoms with E-state index in [2.05, 4.69) is 6.58 Å². The first-order valence-electron chi connectivity index (χ1n) is 4.85. The molecule has 6 heteroatoms. The van der Waals surface area contributed by atoms with Gasteiger partial charge in [0, 0.05) is 18.3 Å². The third kappa shape index (κ3) is 1.87. The monoisotopic (exact) mass is 267 g/mol. The second-order valence-electron chi connectivity index (χ2n) is 3.43. The number of hydrogen-bond donors (Lipinski definition) is 0. The molecule has 0 saturated heterocycles. The molecule has 1 aromatic carbocycles. The van der Waals surface area contributed by atoms with Crippen LogP contribution in [0.25, 0.3) is 11.9 Å². The van der Waals surface area contributed by atoms with Crippen molar-refractivity contribution in [3.05, 3.63) is 51.1 Å². The Bertz CT molecular complexity index is 678. The molecule has 17 heavy (non-hydrogen) atoms. The van der Waals surface area contributed by atoms with Crippen molar-refractivity contribution in [1.82, 2.24) is 13.9 Å². The zero-order chi connectivity index (χ0) is 12.6. The fourth-order valence-corrected chi connectivity index (χ4v) is 1.96. The van der Waals surface area contributed by atoms with E-state index in [1.807, 2.05) is 0 Å². The molecule has 4 nitrogen and oxygen atoms in total. The highest BCUT2D eigenvalue weighted by Gasteiger charge is 2.09. The quantitative estimate of drug-likeness (QED) is 0.783. The van der Waals surface area contributed by atoms with Gasteiger partial charge in [0.05, 0.1) is 5.69 Å². The van der Waals surface area contributed by atoms with Gasteiger partial charge in [-0.2, -0.15) is 0 Å². The maximum atomic E-state index is 12.1. The predicted octanol–water partition coefficient (Wildman–Crippen LogP) is 2.46. The van der Waals surface area contributed by atoms with Crippen LogP contribution in [0.5, 0.6) is 0 Å². The van der Waals surface area contributed by atoms with Crippen molar-refractivity contribution in [2.75, 3.05) is 0 Å². The van der Waals surface area contributed by atoms with Gasteiger partial charge in [-0.05, 0) is 36.5 Å². The number of halogens is 1. The Kier molecular flexibility index (Phi) is 3.04. The third-order valence-corrected chi connectivity index (χ3v) is 3.14. The van der Waals surface area contributed by atoms with E-state index in [1.54, 1.807) is 36.0 Å². The fourth-order valence-electron chi connectivity index (χ4n) is 1.56. The van der Waals surface area contributed by atoms with Crippen molar-refractivity contribution in [3.8, 4) is 5.69 Å². The maximum Gasteiger partial charge on any atom is 0.354 e. The molecule has 1 aromatic heterocycles. The number of rotatable bonds is 2. The van der Waals surface area contributed by atoms with Crippen molar-refractivity contribution in [2.45, 2.75) is 0 Å². The second kappa shape index (κ2) is 4.35. The zero-order valence-corrected chi connectivity index (χ0v) is 10.7. The van der Waals surface area contributed by atoms with Crippen LogP contribution in [0.4, 0.5) is 0 Å². The lowest BCUT2D eigenvalue weighted by atomic mass is 10.3. The molecule has 0 radical (unpaired) electrons. The number of benzene rings is 1. The molecule has 0 spiro atoms. The minimum atomic E-state index is -0.255. The van der Waals surface area contributed by atoms with Crippen LogP contribution in [0.15, 0.2) is 35.6 Å². The molecule has 88 valence electrons. The molecular weight excluding hydrogens is 258 g/mol. The average molecular weight is 268 g/mol. The van der Waals surface area contributed by atoms with Crippen molar-refractivity contribution in [3.63, 3.8) is 0 Å². The summed E-state index contributed by atoms with van der Waals surface area (Å²) in [6.45, 7) is 3.58. The number of nitrogens with zero attached hydrogens (tertiary/aromatic N) is 3. The van der Waals surface area contributed by atoms with E-state index in [0.717, 1.165) is 0 Å². The van der Waals surface area contributed by atoms with Crippen molar-refractivity contribution < 1.29 is 0 Å². The Morgan fingerprint density at radius 2 is 1.94 bits per heavy atom. The van der Waals surface area contributed by atoms with Gasteiger partial charge in [0.25, 0.3) is 0 Å². The Balaban J connectivity index is 2.77. The van der Waals surface area contributed by atoms with Crippen LogP contribution in [0.2, 0.25) is 5.02 Å². The first-order chi connectivity index (χ1) is 8.06. The van der Waals surface area contributed by atoms with Crippen LogP contribution >= 0.6 is 23.8 Å². The number of aromatic nitrogens is 3. The van der Waals surface area contributed by atoms with Gasteiger partial charge in [-0.15, -0.1) is 0 Å². The Morgan fingerprint density at radius 1 is 1.35 bits per heavy atom. The van der Waals surface area contributed by atoms with E-state index in [0.29, 0.717) is 15.5 Å². The molecule has 1 heterocycles. The smallest absolute Gasteiger partial charge is 0.255 e. The summed E-state index contributed by atoms with van der Waals surface area (Å²) in [5.74, 6) is 0. The molecule has 2 aromatic rings. The van der Waals surface area contributed by atoms with Crippen molar-refractivity contribution in [1.29, 1.82) is 0 Å². The largest absolute Gasteiger partial charge is 0.354 e. The molecule has 0 aliphatic rings. The van der Waals surface area contributed by atoms with Gasteiger partial charge in [0.2, 0.25) is 4.77 Å². The summed E-state index contributed by atoms with van der Waals surface area (Å²) in [6, 6.07) is 6.91. The lowest BCUT2D eigenvalue weighted by Crippen LogP contribution is -2.22. The Hall–Kier alpha value is -1.59. The van der Waals surface area contributed by atoms with E-state index >= 15 is 0 Å². The van der Waals surface area contributed by atoms with Crippen LogP contribution in [0, 0.1) is 4.77 Å². The second-order valence-corrected chi connectivity index (χ2v) is 4.23. The molecule has 0 amide bonds. The summed E-state index contributed by atoms with van der Waals surface area (Å²) in [5, 5.41) is 0.611. The summed E-state index contributed by atoms with van der Waals surface area (Å²) in [6.07, 6.45) is 1.42. The fraction of sp³-hybridized carbons (Fsp3) is 0.0909. The molecule has 0 aliphatic carbocycles. The van der Waals surface area contributed by atoms with Gasteiger partial charge in [-0.1, -0.05) is 18.2 Å². The zero-order valence-electron chi connectivity index (χ0n) is 9.13. The van der Waals surface area contributed by atoms with Gasteiger partial charge in [0.15, 0.2) is 0 Å². The minimum absolute atomic E-state index is 0.255. The van der Waals surface area contributed by atoms with Crippen LogP contribution in [0.1, 0.15) is 0 Å². The molecule has 2 rings (SSSR count). The topological polar surface area (TPSA) is 31.9 Å². The molecule has 0 fully saturated rings. The van der Waals surface area contributed by atoms with Crippen LogP contribution in [-0.4, -0.2) is 13.9 Å². The first-order valence-corrected chi connectivity index (χ1v) is 5.64. The van der Waals surface area contributed by atoms with Crippen LogP contribution in [-0.2, 0) is 7.05 Å². The van der Waals surface area contributed by atoms with Crippen molar-refractivity contribution >= 4 is 30.0 Å². The molecule has 0 saturated carbocycles. The first kappa shape index (κ1) is 11.9. The third-order valence-electron chi connectivity index (χ3n) is 2.44. The summed E-state index contributed by atoms with van der Waals surface area (Å²) in [4.78, 5) is 12.1. The van der Waals surface area contributed by atoms with E-state index in [4.69, 9.17) is 23.8 Å². The summed E-state index contributed by atoms with van der Waals surface area (Å²) in [7, 11) is 1.71. The van der Waals surface area contributed by atoms with Crippen LogP contribution in [0.3, 0.4) is 0 Å². The van der Waals surface area contributed by atoms with E-state index in [1.165, 1.54) is 15.4 Å². The highest BCUT2D eigenvalue weighted by Crippen LogP contribution is 2.12. The lowest BCUT2D eigenvalue weighted by molar-refractivity contribution is 0.666. The highest BCUT2D eigenvalue weighted by molar-refractivity contribution is 7.71. The van der Waals surface area contributed by atoms with Gasteiger partial charge >= 0.3 is 5.69 Å². The van der Waals surface area contributed by atoms with E-state index in [-0.39, 0.29) is 5.69 Å². The molecule has 0 unspecified atom stereocenters. The summed E-state index contributed by atoms with van der Waals surface area (Å²) < 4.78 is 4.72. The summed E-state index contributed by atoms with van der Waals surface area (Å²) >= 11 is 11.0.